The van der Waals surface area contributed by atoms with Crippen molar-refractivity contribution in [2.24, 2.45) is 0 Å². The molecule has 0 aliphatic heterocycles. The van der Waals surface area contributed by atoms with Gasteiger partial charge in [0.15, 0.2) is 5.65 Å². The van der Waals surface area contributed by atoms with Crippen LogP contribution in [0, 0.1) is 0 Å². The average molecular weight is 192 g/mol. The number of aromatic amines is 1. The molecular weight excluding hydrogens is 184 g/mol. The number of carbonyl (C=O) groups is 1. The Morgan fingerprint density at radius 3 is 3.14 bits per heavy atom. The first-order valence-electron chi connectivity index (χ1n) is 4.14. The van der Waals surface area contributed by atoms with Crippen molar-refractivity contribution in [1.29, 1.82) is 0 Å². The summed E-state index contributed by atoms with van der Waals surface area (Å²) in [4.78, 5) is 17.4. The molecule has 0 aliphatic rings. The van der Waals surface area contributed by atoms with E-state index in [0.29, 0.717) is 17.9 Å². The van der Waals surface area contributed by atoms with E-state index in [2.05, 4.69) is 20.2 Å². The zero-order chi connectivity index (χ0) is 9.97. The van der Waals surface area contributed by atoms with Gasteiger partial charge in [-0.25, -0.2) is 4.98 Å². The fourth-order valence-electron chi connectivity index (χ4n) is 1.16. The Bertz CT molecular complexity index is 432. The second kappa shape index (κ2) is 3.41. The van der Waals surface area contributed by atoms with Gasteiger partial charge in [-0.3, -0.25) is 4.79 Å². The minimum Gasteiger partial charge on any atom is -0.481 e. The summed E-state index contributed by atoms with van der Waals surface area (Å²) in [6.45, 7) is 0. The predicted octanol–water partition coefficient (Wildman–Crippen LogP) is 0.370. The molecule has 14 heavy (non-hydrogen) atoms. The molecule has 0 fully saturated rings. The van der Waals surface area contributed by atoms with Crippen LogP contribution in [0.2, 0.25) is 0 Å². The largest absolute Gasteiger partial charge is 0.481 e. The van der Waals surface area contributed by atoms with Crippen molar-refractivity contribution < 1.29 is 9.90 Å². The van der Waals surface area contributed by atoms with Gasteiger partial charge >= 0.3 is 5.97 Å². The minimum absolute atomic E-state index is 0.0627. The summed E-state index contributed by atoms with van der Waals surface area (Å²) in [5.41, 5.74) is 1.30. The summed E-state index contributed by atoms with van der Waals surface area (Å²) in [7, 11) is 0. The molecule has 2 rings (SSSR count). The summed E-state index contributed by atoms with van der Waals surface area (Å²) >= 11 is 0. The van der Waals surface area contributed by atoms with E-state index < -0.39 is 5.97 Å². The van der Waals surface area contributed by atoms with Crippen LogP contribution in [0.1, 0.15) is 12.2 Å². The number of hydrogen-bond donors (Lipinski definition) is 2. The topological polar surface area (TPSA) is 91.8 Å². The number of aryl methyl sites for hydroxylation is 1. The average Bonchev–Trinajstić information content (AvgIpc) is 2.57. The van der Waals surface area contributed by atoms with Crippen LogP contribution in [0.4, 0.5) is 0 Å². The SMILES string of the molecule is O=C(O)CCc1nc2nnccc2[nH]1. The molecular formula is C8H8N4O2. The van der Waals surface area contributed by atoms with Gasteiger partial charge in [0, 0.05) is 6.42 Å². The molecule has 2 aromatic rings. The maximum atomic E-state index is 10.3. The number of aliphatic carboxylic acids is 1. The van der Waals surface area contributed by atoms with Crippen molar-refractivity contribution >= 4 is 17.1 Å². The Morgan fingerprint density at radius 2 is 2.43 bits per heavy atom. The van der Waals surface area contributed by atoms with Crippen molar-refractivity contribution in [3.8, 4) is 0 Å². The summed E-state index contributed by atoms with van der Waals surface area (Å²) < 4.78 is 0. The van der Waals surface area contributed by atoms with E-state index >= 15 is 0 Å². The first-order valence-corrected chi connectivity index (χ1v) is 4.14. The number of rotatable bonds is 3. The summed E-state index contributed by atoms with van der Waals surface area (Å²) in [5.74, 6) is -0.209. The zero-order valence-corrected chi connectivity index (χ0v) is 7.27. The van der Waals surface area contributed by atoms with Crippen molar-refractivity contribution in [3.05, 3.63) is 18.1 Å². The van der Waals surface area contributed by atoms with Crippen molar-refractivity contribution in [2.45, 2.75) is 12.8 Å². The van der Waals surface area contributed by atoms with Gasteiger partial charge in [-0.05, 0) is 6.07 Å². The Kier molecular flexibility index (Phi) is 2.10. The molecule has 0 saturated carbocycles. The number of H-pyrrole nitrogens is 1. The highest BCUT2D eigenvalue weighted by molar-refractivity contribution is 5.70. The van der Waals surface area contributed by atoms with Gasteiger partial charge in [0.25, 0.3) is 0 Å². The Balaban J connectivity index is 2.22. The highest BCUT2D eigenvalue weighted by atomic mass is 16.4. The van der Waals surface area contributed by atoms with E-state index in [4.69, 9.17) is 5.11 Å². The van der Waals surface area contributed by atoms with E-state index in [-0.39, 0.29) is 6.42 Å². The van der Waals surface area contributed by atoms with Gasteiger partial charge in [-0.2, -0.15) is 5.10 Å². The minimum atomic E-state index is -0.837. The molecule has 0 aliphatic carbocycles. The first kappa shape index (κ1) is 8.61. The van der Waals surface area contributed by atoms with Gasteiger partial charge in [0.2, 0.25) is 0 Å². The monoisotopic (exact) mass is 192 g/mol. The number of carboxylic acids is 1. The summed E-state index contributed by atoms with van der Waals surface area (Å²) in [6, 6.07) is 1.75. The normalized spacial score (nSPS) is 10.6. The van der Waals surface area contributed by atoms with E-state index in [1.807, 2.05) is 0 Å². The third kappa shape index (κ3) is 1.68. The van der Waals surface area contributed by atoms with Crippen LogP contribution >= 0.6 is 0 Å². The molecule has 6 nitrogen and oxygen atoms in total. The molecule has 0 saturated heterocycles. The van der Waals surface area contributed by atoms with Crippen LogP contribution in [0.5, 0.6) is 0 Å². The second-order valence-electron chi connectivity index (χ2n) is 2.85. The van der Waals surface area contributed by atoms with Gasteiger partial charge in [0.1, 0.15) is 5.82 Å². The van der Waals surface area contributed by atoms with Crippen LogP contribution < -0.4 is 0 Å². The second-order valence-corrected chi connectivity index (χ2v) is 2.85. The predicted molar refractivity (Wildman–Crippen MR) is 47.6 cm³/mol. The van der Waals surface area contributed by atoms with E-state index in [1.54, 1.807) is 12.3 Å². The van der Waals surface area contributed by atoms with E-state index in [0.717, 1.165) is 5.52 Å². The summed E-state index contributed by atoms with van der Waals surface area (Å²) in [6.07, 6.45) is 2.00. The highest BCUT2D eigenvalue weighted by Gasteiger charge is 2.05. The smallest absolute Gasteiger partial charge is 0.303 e. The number of aromatic nitrogens is 4. The quantitative estimate of drug-likeness (QED) is 0.732. The van der Waals surface area contributed by atoms with Gasteiger partial charge in [-0.1, -0.05) is 0 Å². The first-order chi connectivity index (χ1) is 6.75. The van der Waals surface area contributed by atoms with Crippen LogP contribution in [0.3, 0.4) is 0 Å². The Morgan fingerprint density at radius 1 is 1.57 bits per heavy atom. The molecule has 6 heteroatoms. The van der Waals surface area contributed by atoms with Crippen LogP contribution in [0.25, 0.3) is 11.2 Å². The lowest BCUT2D eigenvalue weighted by molar-refractivity contribution is -0.137. The third-order valence-electron chi connectivity index (χ3n) is 1.80. The zero-order valence-electron chi connectivity index (χ0n) is 7.27. The standard InChI is InChI=1S/C8H8N4O2/c13-7(14)2-1-6-10-5-3-4-9-12-8(5)11-6/h3-4H,1-2H2,(H,13,14)(H,10,11,12). The molecule has 2 heterocycles. The molecule has 0 bridgehead atoms. The molecule has 0 radical (unpaired) electrons. The lowest BCUT2D eigenvalue weighted by atomic mass is 10.3. The third-order valence-corrected chi connectivity index (χ3v) is 1.80. The van der Waals surface area contributed by atoms with Gasteiger partial charge in [-0.15, -0.1) is 5.10 Å². The molecule has 0 unspecified atom stereocenters. The number of carboxylic acid groups (broad SMARTS) is 1. The molecule has 0 atom stereocenters. The van der Waals surface area contributed by atoms with Crippen LogP contribution in [-0.2, 0) is 11.2 Å². The Labute approximate surface area is 79.0 Å². The van der Waals surface area contributed by atoms with E-state index in [1.165, 1.54) is 0 Å². The molecule has 0 amide bonds. The van der Waals surface area contributed by atoms with Crippen molar-refractivity contribution in [2.75, 3.05) is 0 Å². The number of nitrogens with one attached hydrogen (secondary N) is 1. The van der Waals surface area contributed by atoms with Crippen molar-refractivity contribution in [1.82, 2.24) is 20.2 Å². The fourth-order valence-corrected chi connectivity index (χ4v) is 1.16. The maximum absolute atomic E-state index is 10.3. The lowest BCUT2D eigenvalue weighted by Gasteiger charge is -1.89. The number of fused-ring (bicyclic) bond motifs is 1. The van der Waals surface area contributed by atoms with Crippen LogP contribution in [0.15, 0.2) is 12.3 Å². The molecule has 72 valence electrons. The van der Waals surface area contributed by atoms with Gasteiger partial charge in [0.05, 0.1) is 18.1 Å². The highest BCUT2D eigenvalue weighted by Crippen LogP contribution is 2.07. The van der Waals surface area contributed by atoms with E-state index in [9.17, 15) is 4.79 Å². The molecule has 0 spiro atoms. The number of hydrogen-bond acceptors (Lipinski definition) is 4. The Hall–Kier alpha value is -1.98. The number of nitrogens with zero attached hydrogens (tertiary/aromatic N) is 3. The van der Waals surface area contributed by atoms with Crippen molar-refractivity contribution in [3.63, 3.8) is 0 Å². The van der Waals surface area contributed by atoms with Crippen LogP contribution in [-0.4, -0.2) is 31.2 Å². The molecule has 2 N–H and O–H groups in total. The fraction of sp³-hybridized carbons (Fsp3) is 0.250. The molecule has 0 aromatic carbocycles. The summed E-state index contributed by atoms with van der Waals surface area (Å²) in [5, 5.41) is 15.9. The van der Waals surface area contributed by atoms with Gasteiger partial charge < -0.3 is 10.1 Å². The number of imidazole rings is 1. The maximum Gasteiger partial charge on any atom is 0.303 e. The lowest BCUT2D eigenvalue weighted by Crippen LogP contribution is -1.98. The molecule has 2 aromatic heterocycles.